The highest BCUT2D eigenvalue weighted by Gasteiger charge is 2.14. The van der Waals surface area contributed by atoms with Gasteiger partial charge in [-0.15, -0.1) is 0 Å². The van der Waals surface area contributed by atoms with Crippen LogP contribution in [0.5, 0.6) is 5.75 Å². The molecule has 0 bridgehead atoms. The zero-order valence-electron chi connectivity index (χ0n) is 12.4. The zero-order valence-corrected chi connectivity index (χ0v) is 12.4. The van der Waals surface area contributed by atoms with Crippen LogP contribution in [-0.2, 0) is 0 Å². The molecular formula is C17H19F2NO. The summed E-state index contributed by atoms with van der Waals surface area (Å²) >= 11 is 0. The summed E-state index contributed by atoms with van der Waals surface area (Å²) in [6.45, 7) is 4.28. The third-order valence-electron chi connectivity index (χ3n) is 3.45. The maximum absolute atomic E-state index is 13.5. The van der Waals surface area contributed by atoms with Gasteiger partial charge in [0.05, 0.1) is 6.04 Å². The number of hydrogen-bond acceptors (Lipinski definition) is 2. The van der Waals surface area contributed by atoms with Crippen LogP contribution in [0, 0.1) is 25.5 Å². The van der Waals surface area contributed by atoms with Gasteiger partial charge in [0, 0.05) is 6.07 Å². The van der Waals surface area contributed by atoms with E-state index in [4.69, 9.17) is 4.74 Å². The maximum Gasteiger partial charge on any atom is 0.165 e. The molecule has 21 heavy (non-hydrogen) atoms. The molecule has 0 aromatic heterocycles. The lowest BCUT2D eigenvalue weighted by molar-refractivity contribution is 0.260. The van der Waals surface area contributed by atoms with Gasteiger partial charge in [-0.3, -0.25) is 0 Å². The molecule has 0 saturated carbocycles. The minimum absolute atomic E-state index is 0.0694. The molecule has 0 aliphatic heterocycles. The van der Waals surface area contributed by atoms with Gasteiger partial charge >= 0.3 is 0 Å². The Balaban J connectivity index is 2.14. The second-order valence-electron chi connectivity index (χ2n) is 5.09. The first-order chi connectivity index (χ1) is 10.0. The summed E-state index contributed by atoms with van der Waals surface area (Å²) in [5.41, 5.74) is 3.40. The third kappa shape index (κ3) is 3.79. The van der Waals surface area contributed by atoms with Crippen LogP contribution in [-0.4, -0.2) is 13.7 Å². The number of aryl methyl sites for hydroxylation is 2. The highest BCUT2D eigenvalue weighted by molar-refractivity contribution is 5.33. The molecule has 2 aromatic carbocycles. The van der Waals surface area contributed by atoms with Gasteiger partial charge in [-0.05, 0) is 44.2 Å². The SMILES string of the molecule is CNC(COc1cc(F)ccc1F)c1ccc(C)cc1C. The Morgan fingerprint density at radius 2 is 1.86 bits per heavy atom. The number of halogens is 2. The Bertz CT molecular complexity index is 628. The molecule has 0 fully saturated rings. The van der Waals surface area contributed by atoms with Crippen molar-refractivity contribution in [3.63, 3.8) is 0 Å². The molecule has 0 amide bonds. The van der Waals surface area contributed by atoms with Crippen molar-refractivity contribution in [2.45, 2.75) is 19.9 Å². The van der Waals surface area contributed by atoms with Crippen molar-refractivity contribution in [3.05, 3.63) is 64.7 Å². The fourth-order valence-corrected chi connectivity index (χ4v) is 2.31. The van der Waals surface area contributed by atoms with Crippen molar-refractivity contribution in [1.82, 2.24) is 5.32 Å². The topological polar surface area (TPSA) is 21.3 Å². The smallest absolute Gasteiger partial charge is 0.165 e. The van der Waals surface area contributed by atoms with Gasteiger partial charge in [0.1, 0.15) is 12.4 Å². The molecule has 1 unspecified atom stereocenters. The normalized spacial score (nSPS) is 12.2. The molecule has 0 spiro atoms. The van der Waals surface area contributed by atoms with Crippen molar-refractivity contribution < 1.29 is 13.5 Å². The second-order valence-corrected chi connectivity index (χ2v) is 5.09. The molecule has 0 heterocycles. The predicted molar refractivity (Wildman–Crippen MR) is 79.6 cm³/mol. The molecule has 1 N–H and O–H groups in total. The molecule has 2 nitrogen and oxygen atoms in total. The molecule has 0 aliphatic rings. The Hall–Kier alpha value is -1.94. The molecule has 4 heteroatoms. The van der Waals surface area contributed by atoms with Crippen LogP contribution in [0.4, 0.5) is 8.78 Å². The Labute approximate surface area is 123 Å². The van der Waals surface area contributed by atoms with E-state index >= 15 is 0 Å². The van der Waals surface area contributed by atoms with E-state index < -0.39 is 11.6 Å². The summed E-state index contributed by atoms with van der Waals surface area (Å²) in [4.78, 5) is 0. The fourth-order valence-electron chi connectivity index (χ4n) is 2.31. The number of benzene rings is 2. The van der Waals surface area contributed by atoms with Gasteiger partial charge in [0.2, 0.25) is 0 Å². The minimum atomic E-state index is -0.563. The lowest BCUT2D eigenvalue weighted by Gasteiger charge is -2.20. The van der Waals surface area contributed by atoms with E-state index in [1.807, 2.05) is 33.0 Å². The molecule has 2 aromatic rings. The zero-order chi connectivity index (χ0) is 15.4. The van der Waals surface area contributed by atoms with E-state index in [0.29, 0.717) is 0 Å². The summed E-state index contributed by atoms with van der Waals surface area (Å²) in [7, 11) is 1.81. The molecule has 0 radical (unpaired) electrons. The van der Waals surface area contributed by atoms with Gasteiger partial charge in [0.25, 0.3) is 0 Å². The first-order valence-electron chi connectivity index (χ1n) is 6.83. The van der Waals surface area contributed by atoms with Crippen LogP contribution < -0.4 is 10.1 Å². The van der Waals surface area contributed by atoms with Gasteiger partial charge < -0.3 is 10.1 Å². The first kappa shape index (κ1) is 15.4. The van der Waals surface area contributed by atoms with Crippen molar-refractivity contribution in [2.24, 2.45) is 0 Å². The Morgan fingerprint density at radius 3 is 2.52 bits per heavy atom. The van der Waals surface area contributed by atoms with Gasteiger partial charge in [-0.25, -0.2) is 8.78 Å². The largest absolute Gasteiger partial charge is 0.488 e. The quantitative estimate of drug-likeness (QED) is 0.901. The summed E-state index contributed by atoms with van der Waals surface area (Å²) in [5, 5.41) is 3.14. The Morgan fingerprint density at radius 1 is 1.10 bits per heavy atom. The predicted octanol–water partition coefficient (Wildman–Crippen LogP) is 3.92. The van der Waals surface area contributed by atoms with Crippen molar-refractivity contribution in [3.8, 4) is 5.75 Å². The molecule has 2 rings (SSSR count). The molecular weight excluding hydrogens is 272 g/mol. The number of rotatable bonds is 5. The number of likely N-dealkylation sites (N-methyl/N-ethyl adjacent to an activating group) is 1. The van der Waals surface area contributed by atoms with Crippen LogP contribution >= 0.6 is 0 Å². The molecule has 0 saturated heterocycles. The summed E-state index contributed by atoms with van der Waals surface area (Å²) < 4.78 is 32.1. The number of nitrogens with one attached hydrogen (secondary N) is 1. The average molecular weight is 291 g/mol. The van der Waals surface area contributed by atoms with E-state index in [9.17, 15) is 8.78 Å². The monoisotopic (exact) mass is 291 g/mol. The van der Waals surface area contributed by atoms with Gasteiger partial charge in [0.15, 0.2) is 11.6 Å². The maximum atomic E-state index is 13.5. The van der Waals surface area contributed by atoms with E-state index in [1.54, 1.807) is 0 Å². The van der Waals surface area contributed by atoms with Crippen molar-refractivity contribution in [2.75, 3.05) is 13.7 Å². The Kier molecular flexibility index (Phi) is 4.91. The number of hydrogen-bond donors (Lipinski definition) is 1. The van der Waals surface area contributed by atoms with Crippen molar-refractivity contribution in [1.29, 1.82) is 0 Å². The van der Waals surface area contributed by atoms with Crippen LogP contribution in [0.2, 0.25) is 0 Å². The molecule has 0 aliphatic carbocycles. The molecule has 1 atom stereocenters. The highest BCUT2D eigenvalue weighted by Crippen LogP contribution is 2.22. The molecule has 112 valence electrons. The lowest BCUT2D eigenvalue weighted by Crippen LogP contribution is -2.24. The van der Waals surface area contributed by atoms with E-state index in [1.165, 1.54) is 5.56 Å². The van der Waals surface area contributed by atoms with Crippen molar-refractivity contribution >= 4 is 0 Å². The van der Waals surface area contributed by atoms with Crippen LogP contribution in [0.25, 0.3) is 0 Å². The second kappa shape index (κ2) is 6.68. The first-order valence-corrected chi connectivity index (χ1v) is 6.83. The summed E-state index contributed by atoms with van der Waals surface area (Å²) in [6, 6.07) is 9.24. The van der Waals surface area contributed by atoms with E-state index in [0.717, 1.165) is 29.3 Å². The highest BCUT2D eigenvalue weighted by atomic mass is 19.1. The van der Waals surface area contributed by atoms with Crippen LogP contribution in [0.1, 0.15) is 22.7 Å². The van der Waals surface area contributed by atoms with E-state index in [-0.39, 0.29) is 18.4 Å². The standard InChI is InChI=1S/C17H19F2NO/c1-11-4-6-14(12(2)8-11)16(20-3)10-21-17-9-13(18)5-7-15(17)19/h4-9,16,20H,10H2,1-3H3. The fraction of sp³-hybridized carbons (Fsp3) is 0.294. The van der Waals surface area contributed by atoms with Gasteiger partial charge in [-0.1, -0.05) is 23.8 Å². The lowest BCUT2D eigenvalue weighted by atomic mass is 10.00. The number of ether oxygens (including phenoxy) is 1. The van der Waals surface area contributed by atoms with Crippen LogP contribution in [0.15, 0.2) is 36.4 Å². The summed E-state index contributed by atoms with van der Waals surface area (Å²) in [6.07, 6.45) is 0. The van der Waals surface area contributed by atoms with Gasteiger partial charge in [-0.2, -0.15) is 0 Å². The minimum Gasteiger partial charge on any atom is -0.488 e. The average Bonchev–Trinajstić information content (AvgIpc) is 2.44. The summed E-state index contributed by atoms with van der Waals surface area (Å²) in [5.74, 6) is -1.15. The third-order valence-corrected chi connectivity index (χ3v) is 3.45. The van der Waals surface area contributed by atoms with E-state index in [2.05, 4.69) is 11.4 Å². The van der Waals surface area contributed by atoms with Crippen LogP contribution in [0.3, 0.4) is 0 Å².